The molecule has 0 aliphatic heterocycles. The largest absolute Gasteiger partial charge is 0.478 e. The highest BCUT2D eigenvalue weighted by Crippen LogP contribution is 2.30. The number of rotatable bonds is 9. The Kier molecular flexibility index (Phi) is 10.4. The fraction of sp³-hybridized carbons (Fsp3) is 0.407. The van der Waals surface area contributed by atoms with E-state index in [1.807, 2.05) is 53.5 Å². The van der Waals surface area contributed by atoms with Crippen LogP contribution in [0.25, 0.3) is 0 Å². The number of anilines is 2. The lowest BCUT2D eigenvalue weighted by Crippen LogP contribution is -2.36. The number of halogens is 3. The molecule has 0 spiro atoms. The third-order valence-corrected chi connectivity index (χ3v) is 6.92. The Morgan fingerprint density at radius 3 is 2.37 bits per heavy atom. The van der Waals surface area contributed by atoms with E-state index in [-0.39, 0.29) is 23.8 Å². The van der Waals surface area contributed by atoms with Crippen molar-refractivity contribution in [3.8, 4) is 11.5 Å². The summed E-state index contributed by atoms with van der Waals surface area (Å²) in [7, 11) is -3.06. The lowest BCUT2D eigenvalue weighted by atomic mass is 9.90. The van der Waals surface area contributed by atoms with Crippen molar-refractivity contribution in [2.75, 3.05) is 11.9 Å². The molecular formula is C27H35F3N2O4Si2. The molecule has 0 saturated carbocycles. The molecule has 0 aliphatic carbocycles. The lowest BCUT2D eigenvalue weighted by Gasteiger charge is -2.31. The molecular weight excluding hydrogens is 529 g/mol. The molecule has 0 bridgehead atoms. The number of hydrogen-bond acceptors (Lipinski definition) is 5. The first-order chi connectivity index (χ1) is 17.5. The van der Waals surface area contributed by atoms with Crippen LogP contribution in [0.4, 0.5) is 24.5 Å². The average Bonchev–Trinajstić information content (AvgIpc) is 2.78. The SMILES string of the molecule is C[SiH](C)OC(CON=Cc1cc(C(=O)O)c(Nc2ccc(C#C[Si](C)(C)C)cc2F)c(F)c1F)C(C)(C)C. The molecule has 2 rings (SSSR count). The number of carboxylic acids is 1. The highest BCUT2D eigenvalue weighted by molar-refractivity contribution is 6.83. The van der Waals surface area contributed by atoms with Crippen molar-refractivity contribution in [1.82, 2.24) is 0 Å². The van der Waals surface area contributed by atoms with Gasteiger partial charge >= 0.3 is 5.97 Å². The average molecular weight is 565 g/mol. The molecule has 0 heterocycles. The molecule has 11 heteroatoms. The second-order valence-corrected chi connectivity index (χ2v) is 18.3. The van der Waals surface area contributed by atoms with Crippen LogP contribution in [0.5, 0.6) is 0 Å². The van der Waals surface area contributed by atoms with E-state index in [2.05, 4.69) is 21.9 Å². The summed E-state index contributed by atoms with van der Waals surface area (Å²) >= 11 is 0. The maximum absolute atomic E-state index is 15.0. The third-order valence-electron chi connectivity index (χ3n) is 5.17. The van der Waals surface area contributed by atoms with Crippen molar-refractivity contribution in [1.29, 1.82) is 0 Å². The fourth-order valence-corrected chi connectivity index (χ4v) is 4.81. The summed E-state index contributed by atoms with van der Waals surface area (Å²) in [6.45, 7) is 16.2. The van der Waals surface area contributed by atoms with Gasteiger partial charge in [-0.15, -0.1) is 5.54 Å². The molecule has 6 nitrogen and oxygen atoms in total. The minimum atomic E-state index is -1.68. The van der Waals surface area contributed by atoms with Gasteiger partial charge in [-0.2, -0.15) is 0 Å². The van der Waals surface area contributed by atoms with Gasteiger partial charge in [0.05, 0.1) is 29.3 Å². The first-order valence-electron chi connectivity index (χ1n) is 12.2. The minimum Gasteiger partial charge on any atom is -0.478 e. The molecule has 0 aromatic heterocycles. The van der Waals surface area contributed by atoms with Gasteiger partial charge in [0.25, 0.3) is 0 Å². The monoisotopic (exact) mass is 564 g/mol. The maximum Gasteiger partial charge on any atom is 0.337 e. The lowest BCUT2D eigenvalue weighted by molar-refractivity contribution is -0.00346. The maximum atomic E-state index is 15.0. The van der Waals surface area contributed by atoms with E-state index in [0.717, 1.165) is 18.3 Å². The Balaban J connectivity index is 2.32. The van der Waals surface area contributed by atoms with Crippen LogP contribution in [0.15, 0.2) is 29.4 Å². The molecule has 38 heavy (non-hydrogen) atoms. The van der Waals surface area contributed by atoms with Crippen LogP contribution in [0.1, 0.15) is 42.3 Å². The predicted molar refractivity (Wildman–Crippen MR) is 150 cm³/mol. The Hall–Kier alpha value is -3.08. The zero-order valence-corrected chi connectivity index (χ0v) is 25.2. The van der Waals surface area contributed by atoms with Crippen molar-refractivity contribution in [3.05, 3.63) is 58.4 Å². The number of hydrogen-bond donors (Lipinski definition) is 2. The fourth-order valence-electron chi connectivity index (χ4n) is 3.15. The number of carboxylic acid groups (broad SMARTS) is 1. The van der Waals surface area contributed by atoms with E-state index < -0.39 is 57.3 Å². The van der Waals surface area contributed by atoms with E-state index in [4.69, 9.17) is 9.26 Å². The van der Waals surface area contributed by atoms with E-state index in [0.29, 0.717) is 5.56 Å². The summed E-state index contributed by atoms with van der Waals surface area (Å²) in [5.41, 5.74) is 1.32. The smallest absolute Gasteiger partial charge is 0.337 e. The second-order valence-electron chi connectivity index (χ2n) is 11.2. The summed E-state index contributed by atoms with van der Waals surface area (Å²) < 4.78 is 50.5. The molecule has 0 amide bonds. The van der Waals surface area contributed by atoms with Crippen LogP contribution in [0.3, 0.4) is 0 Å². The van der Waals surface area contributed by atoms with Gasteiger partial charge in [-0.3, -0.25) is 0 Å². The molecule has 206 valence electrons. The van der Waals surface area contributed by atoms with Gasteiger partial charge in [0, 0.05) is 11.1 Å². The van der Waals surface area contributed by atoms with Gasteiger partial charge in [0.1, 0.15) is 20.5 Å². The van der Waals surface area contributed by atoms with Crippen LogP contribution in [0, 0.1) is 34.3 Å². The van der Waals surface area contributed by atoms with Crippen LogP contribution in [-0.2, 0) is 9.26 Å². The van der Waals surface area contributed by atoms with Gasteiger partial charge in [-0.25, -0.2) is 18.0 Å². The van der Waals surface area contributed by atoms with E-state index in [1.165, 1.54) is 12.1 Å². The van der Waals surface area contributed by atoms with Crippen molar-refractivity contribution in [2.45, 2.75) is 59.6 Å². The number of carbonyl (C=O) groups is 1. The highest BCUT2D eigenvalue weighted by atomic mass is 28.3. The van der Waals surface area contributed by atoms with Crippen molar-refractivity contribution >= 4 is 40.7 Å². The quantitative estimate of drug-likeness (QED) is 0.156. The first-order valence-corrected chi connectivity index (χ1v) is 18.4. The number of aromatic carboxylic acids is 1. The topological polar surface area (TPSA) is 80.2 Å². The zero-order valence-electron chi connectivity index (χ0n) is 23.0. The van der Waals surface area contributed by atoms with Gasteiger partial charge < -0.3 is 19.7 Å². The number of nitrogens with zero attached hydrogens (tertiary/aromatic N) is 1. The molecule has 0 saturated heterocycles. The van der Waals surface area contributed by atoms with Crippen LogP contribution >= 0.6 is 0 Å². The number of oxime groups is 1. The zero-order chi connectivity index (χ0) is 28.8. The van der Waals surface area contributed by atoms with Crippen LogP contribution in [0.2, 0.25) is 32.7 Å². The summed E-state index contributed by atoms with van der Waals surface area (Å²) in [5.74, 6) is -2.27. The van der Waals surface area contributed by atoms with Gasteiger partial charge in [-0.1, -0.05) is 51.5 Å². The number of nitrogens with one attached hydrogen (secondary N) is 1. The van der Waals surface area contributed by atoms with Crippen LogP contribution in [-0.4, -0.2) is 47.1 Å². The molecule has 0 aliphatic rings. The van der Waals surface area contributed by atoms with Crippen molar-refractivity contribution < 1.29 is 32.3 Å². The Morgan fingerprint density at radius 1 is 1.18 bits per heavy atom. The summed E-state index contributed by atoms with van der Waals surface area (Å²) in [6.07, 6.45) is 0.630. The van der Waals surface area contributed by atoms with E-state index >= 15 is 4.39 Å². The molecule has 1 atom stereocenters. The van der Waals surface area contributed by atoms with Crippen molar-refractivity contribution in [2.24, 2.45) is 10.6 Å². The van der Waals surface area contributed by atoms with E-state index in [1.54, 1.807) is 0 Å². The molecule has 0 radical (unpaired) electrons. The Labute approximate surface area is 225 Å². The number of benzene rings is 2. The summed E-state index contributed by atoms with van der Waals surface area (Å²) in [5, 5.41) is 15.7. The van der Waals surface area contributed by atoms with Gasteiger partial charge in [0.2, 0.25) is 0 Å². The normalized spacial score (nSPS) is 12.8. The third kappa shape index (κ3) is 9.04. The minimum absolute atomic E-state index is 0.0816. The summed E-state index contributed by atoms with van der Waals surface area (Å²) in [6, 6.07) is 4.87. The molecule has 0 fully saturated rings. The molecule has 2 N–H and O–H groups in total. The molecule has 2 aromatic carbocycles. The van der Waals surface area contributed by atoms with Crippen molar-refractivity contribution in [3.63, 3.8) is 0 Å². The van der Waals surface area contributed by atoms with Crippen LogP contribution < -0.4 is 5.32 Å². The molecule has 1 unspecified atom stereocenters. The van der Waals surface area contributed by atoms with E-state index in [9.17, 15) is 18.7 Å². The predicted octanol–water partition coefficient (Wildman–Crippen LogP) is 6.54. The second kappa shape index (κ2) is 12.6. The van der Waals surface area contributed by atoms with Gasteiger partial charge in [-0.05, 0) is 42.8 Å². The summed E-state index contributed by atoms with van der Waals surface area (Å²) in [4.78, 5) is 17.1. The standard InChI is InChI=1S/C27H35F3N2O4Si2/c1-27(2,3)22(36-37(4)5)16-35-31-15-18-14-19(26(33)34)25(24(30)23(18)29)32-21-10-9-17(13-20(21)28)11-12-38(6,7)8/h9-10,13-15,22,32,37H,16H2,1-8H3,(H,33,34). The Bertz CT molecular complexity index is 1260. The first kappa shape index (κ1) is 31.1. The Morgan fingerprint density at radius 2 is 1.84 bits per heavy atom. The molecule has 2 aromatic rings. The van der Waals surface area contributed by atoms with Gasteiger partial charge in [0.15, 0.2) is 20.7 Å². The highest BCUT2D eigenvalue weighted by Gasteiger charge is 2.27.